The summed E-state index contributed by atoms with van der Waals surface area (Å²) < 4.78 is 0. The van der Waals surface area contributed by atoms with Crippen molar-refractivity contribution in [3.05, 3.63) is 0 Å². The zero-order valence-electron chi connectivity index (χ0n) is 7.11. The van der Waals surface area contributed by atoms with Gasteiger partial charge in [0.05, 0.1) is 5.54 Å². The van der Waals surface area contributed by atoms with Gasteiger partial charge in [-0.05, 0) is 25.7 Å². The second-order valence-corrected chi connectivity index (χ2v) is 4.30. The zero-order chi connectivity index (χ0) is 8.60. The van der Waals surface area contributed by atoms with Crippen molar-refractivity contribution in [2.24, 2.45) is 5.92 Å². The van der Waals surface area contributed by atoms with E-state index in [-0.39, 0.29) is 11.4 Å². The molecule has 1 amide bonds. The van der Waals surface area contributed by atoms with E-state index in [1.165, 1.54) is 6.42 Å². The van der Waals surface area contributed by atoms with Crippen molar-refractivity contribution in [2.75, 3.05) is 5.88 Å². The molecule has 2 aliphatic carbocycles. The third-order valence-electron chi connectivity index (χ3n) is 2.97. The average Bonchev–Trinajstić information content (AvgIpc) is 2.65. The summed E-state index contributed by atoms with van der Waals surface area (Å²) in [4.78, 5) is 11.5. The van der Waals surface area contributed by atoms with Crippen molar-refractivity contribution in [2.45, 2.75) is 37.6 Å². The Balaban J connectivity index is 1.81. The number of rotatable bonds is 3. The molecule has 0 radical (unpaired) electrons. The normalized spacial score (nSPS) is 26.1. The number of nitrogens with one attached hydrogen (secondary N) is 1. The topological polar surface area (TPSA) is 29.1 Å². The number of carbonyl (C=O) groups is 1. The van der Waals surface area contributed by atoms with Gasteiger partial charge in [0.2, 0.25) is 5.91 Å². The van der Waals surface area contributed by atoms with Crippen LogP contribution in [0, 0.1) is 5.92 Å². The van der Waals surface area contributed by atoms with E-state index in [2.05, 4.69) is 5.32 Å². The third kappa shape index (κ3) is 1.45. The van der Waals surface area contributed by atoms with Crippen LogP contribution in [0.1, 0.15) is 32.1 Å². The fraction of sp³-hybridized carbons (Fsp3) is 0.889. The lowest BCUT2D eigenvalue weighted by atomic mass is 9.84. The number of hydrogen-bond donors (Lipinski definition) is 1. The van der Waals surface area contributed by atoms with Crippen LogP contribution in [-0.4, -0.2) is 17.3 Å². The van der Waals surface area contributed by atoms with Gasteiger partial charge in [-0.3, -0.25) is 4.79 Å². The van der Waals surface area contributed by atoms with Gasteiger partial charge in [0.1, 0.15) is 0 Å². The molecule has 2 saturated carbocycles. The third-order valence-corrected chi connectivity index (χ3v) is 3.49. The lowest BCUT2D eigenvalue weighted by Gasteiger charge is -2.26. The highest BCUT2D eigenvalue weighted by atomic mass is 35.5. The van der Waals surface area contributed by atoms with Gasteiger partial charge in [0.25, 0.3) is 0 Å². The molecular formula is C9H14ClNO. The molecular weight excluding hydrogens is 174 g/mol. The Labute approximate surface area is 77.7 Å². The van der Waals surface area contributed by atoms with Gasteiger partial charge in [-0.15, -0.1) is 11.6 Å². The summed E-state index contributed by atoms with van der Waals surface area (Å²) in [5.41, 5.74) is -0.00573. The Morgan fingerprint density at radius 3 is 2.50 bits per heavy atom. The predicted octanol–water partition coefficient (Wildman–Crippen LogP) is 1.67. The maximum absolute atomic E-state index is 11.5. The summed E-state index contributed by atoms with van der Waals surface area (Å²) in [7, 11) is 0. The molecule has 1 N–H and O–H groups in total. The van der Waals surface area contributed by atoms with E-state index >= 15 is 0 Å². The van der Waals surface area contributed by atoms with Gasteiger partial charge in [0.15, 0.2) is 0 Å². The molecule has 0 saturated heterocycles. The minimum absolute atomic E-state index is 0.00573. The summed E-state index contributed by atoms with van der Waals surface area (Å²) in [5.74, 6) is 1.11. The van der Waals surface area contributed by atoms with Crippen LogP contribution in [0.5, 0.6) is 0 Å². The molecule has 2 rings (SSSR count). The van der Waals surface area contributed by atoms with Crippen LogP contribution >= 0.6 is 11.6 Å². The molecule has 3 heteroatoms. The summed E-state index contributed by atoms with van der Waals surface area (Å²) in [6, 6.07) is 0. The molecule has 0 aromatic carbocycles. The molecule has 2 aliphatic rings. The van der Waals surface area contributed by atoms with Crippen LogP contribution in [0.4, 0.5) is 0 Å². The van der Waals surface area contributed by atoms with Gasteiger partial charge in [-0.2, -0.15) is 0 Å². The number of carbonyl (C=O) groups excluding carboxylic acids is 1. The second-order valence-electron chi connectivity index (χ2n) is 4.03. The van der Waals surface area contributed by atoms with Crippen LogP contribution in [0.25, 0.3) is 0 Å². The fourth-order valence-corrected chi connectivity index (χ4v) is 1.81. The molecule has 0 aliphatic heterocycles. The number of alkyl halides is 1. The van der Waals surface area contributed by atoms with Crippen LogP contribution in [0.15, 0.2) is 0 Å². The van der Waals surface area contributed by atoms with E-state index in [0.717, 1.165) is 25.7 Å². The minimum Gasteiger partial charge on any atom is -0.349 e. The molecule has 2 nitrogen and oxygen atoms in total. The van der Waals surface area contributed by atoms with Crippen molar-refractivity contribution in [1.82, 2.24) is 5.32 Å². The molecule has 0 unspecified atom stereocenters. The molecule has 0 aromatic heterocycles. The SMILES string of the molecule is O=C(NC1(CCl)CC1)C1CCC1. The molecule has 12 heavy (non-hydrogen) atoms. The summed E-state index contributed by atoms with van der Waals surface area (Å²) in [6.45, 7) is 0. The molecule has 0 spiro atoms. The van der Waals surface area contributed by atoms with E-state index in [4.69, 9.17) is 11.6 Å². The number of amides is 1. The molecule has 0 bridgehead atoms. The van der Waals surface area contributed by atoms with E-state index in [0.29, 0.717) is 11.8 Å². The van der Waals surface area contributed by atoms with Crippen LogP contribution in [0.2, 0.25) is 0 Å². The maximum Gasteiger partial charge on any atom is 0.223 e. The first kappa shape index (κ1) is 8.36. The Morgan fingerprint density at radius 2 is 2.17 bits per heavy atom. The Morgan fingerprint density at radius 1 is 1.50 bits per heavy atom. The molecule has 0 atom stereocenters. The van der Waals surface area contributed by atoms with Crippen LogP contribution in [-0.2, 0) is 4.79 Å². The highest BCUT2D eigenvalue weighted by molar-refractivity contribution is 6.19. The predicted molar refractivity (Wildman–Crippen MR) is 48.2 cm³/mol. The van der Waals surface area contributed by atoms with E-state index in [9.17, 15) is 4.79 Å². The van der Waals surface area contributed by atoms with Crippen molar-refractivity contribution in [3.8, 4) is 0 Å². The molecule has 0 aromatic rings. The molecule has 0 heterocycles. The van der Waals surface area contributed by atoms with Gasteiger partial charge in [-0.1, -0.05) is 6.42 Å². The highest BCUT2D eigenvalue weighted by Gasteiger charge is 2.44. The average molecular weight is 188 g/mol. The lowest BCUT2D eigenvalue weighted by Crippen LogP contribution is -2.43. The Bertz CT molecular complexity index is 197. The molecule has 68 valence electrons. The summed E-state index contributed by atoms with van der Waals surface area (Å²) >= 11 is 5.75. The largest absolute Gasteiger partial charge is 0.349 e. The van der Waals surface area contributed by atoms with Gasteiger partial charge in [-0.25, -0.2) is 0 Å². The van der Waals surface area contributed by atoms with E-state index < -0.39 is 0 Å². The van der Waals surface area contributed by atoms with Crippen molar-refractivity contribution >= 4 is 17.5 Å². The second kappa shape index (κ2) is 2.91. The first-order chi connectivity index (χ1) is 5.76. The van der Waals surface area contributed by atoms with E-state index in [1.54, 1.807) is 0 Å². The number of halogens is 1. The highest BCUT2D eigenvalue weighted by Crippen LogP contribution is 2.37. The van der Waals surface area contributed by atoms with Crippen molar-refractivity contribution in [3.63, 3.8) is 0 Å². The Hall–Kier alpha value is -0.240. The standard InChI is InChI=1S/C9H14ClNO/c10-6-9(4-5-9)11-8(12)7-2-1-3-7/h7H,1-6H2,(H,11,12). The maximum atomic E-state index is 11.5. The first-order valence-corrected chi connectivity index (χ1v) is 5.17. The summed E-state index contributed by atoms with van der Waals surface area (Å²) in [6.07, 6.45) is 5.49. The Kier molecular flexibility index (Phi) is 2.03. The zero-order valence-corrected chi connectivity index (χ0v) is 7.86. The minimum atomic E-state index is -0.00573. The fourth-order valence-electron chi connectivity index (χ4n) is 1.48. The van der Waals surface area contributed by atoms with Crippen LogP contribution in [0.3, 0.4) is 0 Å². The van der Waals surface area contributed by atoms with Gasteiger partial charge in [0, 0.05) is 11.8 Å². The number of hydrogen-bond acceptors (Lipinski definition) is 1. The smallest absolute Gasteiger partial charge is 0.223 e. The molecule has 2 fully saturated rings. The first-order valence-electron chi connectivity index (χ1n) is 4.64. The van der Waals surface area contributed by atoms with Crippen molar-refractivity contribution in [1.29, 1.82) is 0 Å². The van der Waals surface area contributed by atoms with Crippen molar-refractivity contribution < 1.29 is 4.79 Å². The lowest BCUT2D eigenvalue weighted by molar-refractivity contribution is -0.128. The van der Waals surface area contributed by atoms with Crippen LogP contribution < -0.4 is 5.32 Å². The summed E-state index contributed by atoms with van der Waals surface area (Å²) in [5, 5.41) is 3.05. The van der Waals surface area contributed by atoms with E-state index in [1.807, 2.05) is 0 Å². The monoisotopic (exact) mass is 187 g/mol. The quantitative estimate of drug-likeness (QED) is 0.670. The van der Waals surface area contributed by atoms with Gasteiger partial charge >= 0.3 is 0 Å². The van der Waals surface area contributed by atoms with Gasteiger partial charge < -0.3 is 5.32 Å².